The van der Waals surface area contributed by atoms with Gasteiger partial charge in [0.15, 0.2) is 5.01 Å². The number of nitrogens with zero attached hydrogens (tertiary/aromatic N) is 3. The highest BCUT2D eigenvalue weighted by molar-refractivity contribution is 7.11. The molecule has 4 nitrogen and oxygen atoms in total. The fourth-order valence-corrected chi connectivity index (χ4v) is 2.09. The van der Waals surface area contributed by atoms with Crippen molar-refractivity contribution in [2.75, 3.05) is 0 Å². The minimum atomic E-state index is -4.47. The lowest BCUT2D eigenvalue weighted by Gasteiger charge is -2.04. The van der Waals surface area contributed by atoms with E-state index in [-0.39, 0.29) is 4.88 Å². The van der Waals surface area contributed by atoms with Gasteiger partial charge in [0.2, 0.25) is 0 Å². The highest BCUT2D eigenvalue weighted by Gasteiger charge is 2.35. The van der Waals surface area contributed by atoms with Crippen LogP contribution in [0.25, 0.3) is 0 Å². The molecule has 0 radical (unpaired) electrons. The molecule has 2 heterocycles. The van der Waals surface area contributed by atoms with Gasteiger partial charge in [-0.05, 0) is 0 Å². The van der Waals surface area contributed by atoms with Crippen LogP contribution in [0.2, 0.25) is 0 Å². The second kappa shape index (κ2) is 4.11. The van der Waals surface area contributed by atoms with Crippen LogP contribution in [0, 0.1) is 0 Å². The molecule has 0 saturated heterocycles. The van der Waals surface area contributed by atoms with Gasteiger partial charge in [0.25, 0.3) is 0 Å². The second-order valence-corrected chi connectivity index (χ2v) is 4.48. The molecule has 0 aromatic carbocycles. The van der Waals surface area contributed by atoms with Crippen molar-refractivity contribution in [2.45, 2.75) is 12.3 Å². The Labute approximate surface area is 98.3 Å². The van der Waals surface area contributed by atoms with Gasteiger partial charge in [-0.2, -0.15) is 18.3 Å². The Hall–Kier alpha value is -1.41. The van der Waals surface area contributed by atoms with Crippen LogP contribution < -0.4 is 0 Å². The van der Waals surface area contributed by atoms with Crippen molar-refractivity contribution in [3.63, 3.8) is 0 Å². The summed E-state index contributed by atoms with van der Waals surface area (Å²) in [5.41, 5.74) is 0.435. The summed E-state index contributed by atoms with van der Waals surface area (Å²) in [6.45, 7) is 0. The Kier molecular flexibility index (Phi) is 2.92. The number of hydrogen-bond acceptors (Lipinski definition) is 4. The third-order valence-corrected chi connectivity index (χ3v) is 3.17. The summed E-state index contributed by atoms with van der Waals surface area (Å²) in [5, 5.41) is 12.7. The van der Waals surface area contributed by atoms with E-state index in [9.17, 15) is 18.3 Å². The maximum Gasteiger partial charge on any atom is 0.443 e. The molecule has 0 saturated carbocycles. The Bertz CT molecular complexity index is 520. The van der Waals surface area contributed by atoms with Gasteiger partial charge in [0, 0.05) is 25.0 Å². The first-order chi connectivity index (χ1) is 7.88. The number of thiazole rings is 1. The highest BCUT2D eigenvalue weighted by Crippen LogP contribution is 2.35. The van der Waals surface area contributed by atoms with Gasteiger partial charge in [0.05, 0.1) is 11.1 Å². The van der Waals surface area contributed by atoms with Crippen LogP contribution in [-0.4, -0.2) is 19.9 Å². The molecule has 0 aliphatic rings. The van der Waals surface area contributed by atoms with E-state index in [4.69, 9.17) is 0 Å². The number of hydrogen-bond donors (Lipinski definition) is 1. The molecular formula is C9H8F3N3OS. The first kappa shape index (κ1) is 12.1. The van der Waals surface area contributed by atoms with E-state index in [1.54, 1.807) is 7.05 Å². The third kappa shape index (κ3) is 2.47. The largest absolute Gasteiger partial charge is 0.443 e. The lowest BCUT2D eigenvalue weighted by molar-refractivity contribution is -0.137. The lowest BCUT2D eigenvalue weighted by atomic mass is 10.2. The molecule has 1 unspecified atom stereocenters. The first-order valence-electron chi connectivity index (χ1n) is 4.57. The zero-order valence-electron chi connectivity index (χ0n) is 8.64. The van der Waals surface area contributed by atoms with Crippen LogP contribution in [0.5, 0.6) is 0 Å². The van der Waals surface area contributed by atoms with E-state index in [0.717, 1.165) is 6.20 Å². The standard InChI is InChI=1S/C9H8F3N3OS/c1-15-4-5(2-14-15)7(16)6-3-13-8(17-6)9(10,11)12/h2-4,7,16H,1H3. The van der Waals surface area contributed by atoms with Crippen LogP contribution in [0.15, 0.2) is 18.6 Å². The number of aliphatic hydroxyl groups excluding tert-OH is 1. The molecular weight excluding hydrogens is 255 g/mol. The number of aromatic nitrogens is 3. The minimum absolute atomic E-state index is 0.144. The molecule has 0 amide bonds. The van der Waals surface area contributed by atoms with Crippen LogP contribution in [-0.2, 0) is 13.2 Å². The van der Waals surface area contributed by atoms with Gasteiger partial charge >= 0.3 is 6.18 Å². The molecule has 0 fully saturated rings. The van der Waals surface area contributed by atoms with Gasteiger partial charge in [-0.25, -0.2) is 4.98 Å². The number of aliphatic hydroxyl groups is 1. The topological polar surface area (TPSA) is 50.9 Å². The number of halogens is 3. The number of alkyl halides is 3. The third-order valence-electron chi connectivity index (χ3n) is 2.08. The molecule has 0 aliphatic heterocycles. The fourth-order valence-electron chi connectivity index (χ4n) is 1.29. The second-order valence-electron chi connectivity index (χ2n) is 3.42. The van der Waals surface area contributed by atoms with Gasteiger partial charge in [-0.1, -0.05) is 0 Å². The zero-order valence-corrected chi connectivity index (χ0v) is 9.46. The SMILES string of the molecule is Cn1cc(C(O)c2cnc(C(F)(F)F)s2)cn1. The van der Waals surface area contributed by atoms with Gasteiger partial charge in [-0.3, -0.25) is 4.68 Å². The maximum absolute atomic E-state index is 12.3. The molecule has 0 bridgehead atoms. The van der Waals surface area contributed by atoms with E-state index in [0.29, 0.717) is 16.9 Å². The van der Waals surface area contributed by atoms with Crippen molar-refractivity contribution in [3.8, 4) is 0 Å². The Morgan fingerprint density at radius 3 is 2.59 bits per heavy atom. The lowest BCUT2D eigenvalue weighted by Crippen LogP contribution is -2.03. The van der Waals surface area contributed by atoms with Crippen LogP contribution in [0.4, 0.5) is 13.2 Å². The summed E-state index contributed by atoms with van der Waals surface area (Å²) < 4.78 is 38.4. The zero-order chi connectivity index (χ0) is 12.6. The van der Waals surface area contributed by atoms with Crippen LogP contribution in [0.1, 0.15) is 21.6 Å². The average Bonchev–Trinajstić information content (AvgIpc) is 2.83. The van der Waals surface area contributed by atoms with Crippen molar-refractivity contribution in [1.29, 1.82) is 0 Å². The predicted octanol–water partition coefficient (Wildman–Crippen LogP) is 1.98. The summed E-state index contributed by atoms with van der Waals surface area (Å²) in [5.74, 6) is 0. The Balaban J connectivity index is 2.26. The molecule has 1 atom stereocenters. The summed E-state index contributed by atoms with van der Waals surface area (Å²) in [7, 11) is 1.66. The molecule has 8 heteroatoms. The van der Waals surface area contributed by atoms with E-state index >= 15 is 0 Å². The molecule has 92 valence electrons. The Morgan fingerprint density at radius 2 is 2.12 bits per heavy atom. The Morgan fingerprint density at radius 1 is 1.41 bits per heavy atom. The van der Waals surface area contributed by atoms with Gasteiger partial charge < -0.3 is 5.11 Å². The van der Waals surface area contributed by atoms with Crippen molar-refractivity contribution >= 4 is 11.3 Å². The van der Waals surface area contributed by atoms with Crippen molar-refractivity contribution in [2.24, 2.45) is 7.05 Å². The molecule has 0 spiro atoms. The normalized spacial score (nSPS) is 13.9. The highest BCUT2D eigenvalue weighted by atomic mass is 32.1. The van der Waals surface area contributed by atoms with Crippen LogP contribution >= 0.6 is 11.3 Å². The smallest absolute Gasteiger partial charge is 0.383 e. The van der Waals surface area contributed by atoms with Crippen LogP contribution in [0.3, 0.4) is 0 Å². The van der Waals surface area contributed by atoms with E-state index in [1.807, 2.05) is 0 Å². The maximum atomic E-state index is 12.3. The summed E-state index contributed by atoms with van der Waals surface area (Å²) in [4.78, 5) is 3.39. The minimum Gasteiger partial charge on any atom is -0.383 e. The molecule has 1 N–H and O–H groups in total. The van der Waals surface area contributed by atoms with Crippen molar-refractivity contribution in [1.82, 2.24) is 14.8 Å². The molecule has 0 aliphatic carbocycles. The molecule has 17 heavy (non-hydrogen) atoms. The van der Waals surface area contributed by atoms with E-state index in [1.165, 1.54) is 17.1 Å². The number of rotatable bonds is 2. The molecule has 2 aromatic heterocycles. The van der Waals surface area contributed by atoms with E-state index < -0.39 is 17.3 Å². The first-order valence-corrected chi connectivity index (χ1v) is 5.39. The summed E-state index contributed by atoms with van der Waals surface area (Å²) >= 11 is 0.429. The average molecular weight is 263 g/mol. The molecule has 2 aromatic rings. The monoisotopic (exact) mass is 263 g/mol. The fraction of sp³-hybridized carbons (Fsp3) is 0.333. The van der Waals surface area contributed by atoms with Crippen molar-refractivity contribution in [3.05, 3.63) is 34.0 Å². The summed E-state index contributed by atoms with van der Waals surface area (Å²) in [6, 6.07) is 0. The van der Waals surface area contributed by atoms with Crippen molar-refractivity contribution < 1.29 is 18.3 Å². The molecule has 2 rings (SSSR count). The van der Waals surface area contributed by atoms with Gasteiger partial charge in [0.1, 0.15) is 6.10 Å². The quantitative estimate of drug-likeness (QED) is 0.901. The summed E-state index contributed by atoms with van der Waals surface area (Å²) in [6.07, 6.45) is -1.63. The predicted molar refractivity (Wildman–Crippen MR) is 54.4 cm³/mol. The van der Waals surface area contributed by atoms with Gasteiger partial charge in [-0.15, -0.1) is 11.3 Å². The number of aryl methyl sites for hydroxylation is 1. The van der Waals surface area contributed by atoms with E-state index in [2.05, 4.69) is 10.1 Å².